The molecule has 2 aromatic rings. The summed E-state index contributed by atoms with van der Waals surface area (Å²) in [6.07, 6.45) is 0.923. The zero-order chi connectivity index (χ0) is 14.9. The monoisotopic (exact) mass is 294 g/mol. The molecule has 0 aliphatic rings. The maximum Gasteiger partial charge on any atom is 0.358 e. The van der Waals surface area contributed by atoms with Crippen LogP contribution in [0.15, 0.2) is 0 Å². The van der Waals surface area contributed by atoms with E-state index in [1.165, 1.54) is 11.3 Å². The Kier molecular flexibility index (Phi) is 4.17. The van der Waals surface area contributed by atoms with Gasteiger partial charge in [-0.05, 0) is 26.2 Å². The summed E-state index contributed by atoms with van der Waals surface area (Å²) < 4.78 is 1.68. The molecule has 0 amide bonds. The van der Waals surface area contributed by atoms with E-state index in [1.807, 2.05) is 13.8 Å². The second kappa shape index (κ2) is 5.70. The Morgan fingerprint density at radius 3 is 2.60 bits per heavy atom. The van der Waals surface area contributed by atoms with E-state index in [0.29, 0.717) is 18.2 Å². The molecule has 6 nitrogen and oxygen atoms in total. The highest BCUT2D eigenvalue weighted by Gasteiger charge is 2.24. The van der Waals surface area contributed by atoms with Gasteiger partial charge >= 0.3 is 5.97 Å². The number of hydrogen-bond acceptors (Lipinski definition) is 5. The van der Waals surface area contributed by atoms with E-state index in [0.717, 1.165) is 22.0 Å². The molecule has 0 aliphatic heterocycles. The second-order valence-electron chi connectivity index (χ2n) is 5.14. The van der Waals surface area contributed by atoms with Crippen LogP contribution in [0, 0.1) is 19.8 Å². The van der Waals surface area contributed by atoms with Crippen LogP contribution in [-0.2, 0) is 6.54 Å². The average molecular weight is 294 g/mol. The van der Waals surface area contributed by atoms with Crippen molar-refractivity contribution in [2.45, 2.75) is 40.7 Å². The Morgan fingerprint density at radius 2 is 2.10 bits per heavy atom. The smallest absolute Gasteiger partial charge is 0.358 e. The highest BCUT2D eigenvalue weighted by Crippen LogP contribution is 2.31. The van der Waals surface area contributed by atoms with Crippen LogP contribution in [0.3, 0.4) is 0 Å². The molecule has 0 aromatic carbocycles. The summed E-state index contributed by atoms with van der Waals surface area (Å²) in [4.78, 5) is 16.5. The number of hydrogen-bond donors (Lipinski definition) is 1. The molecular formula is C13H18N4O2S. The third-order valence-corrected chi connectivity index (χ3v) is 4.05. The Bertz CT molecular complexity index is 630. The highest BCUT2D eigenvalue weighted by molar-refractivity contribution is 7.15. The predicted octanol–water partition coefficient (Wildman–Crippen LogP) is 2.76. The van der Waals surface area contributed by atoms with Crippen LogP contribution in [0.5, 0.6) is 0 Å². The van der Waals surface area contributed by atoms with Gasteiger partial charge in [-0.3, -0.25) is 0 Å². The summed E-state index contributed by atoms with van der Waals surface area (Å²) >= 11 is 1.48. The van der Waals surface area contributed by atoms with Crippen molar-refractivity contribution in [3.05, 3.63) is 16.4 Å². The molecule has 2 aromatic heterocycles. The molecule has 108 valence electrons. The summed E-state index contributed by atoms with van der Waals surface area (Å²) in [5, 5.41) is 18.0. The SMILES string of the molecule is Cc1nc(C)c(-c2c(C(=O)O)nnn2CCC(C)C)s1. The first-order valence-electron chi connectivity index (χ1n) is 6.51. The van der Waals surface area contributed by atoms with Crippen molar-refractivity contribution >= 4 is 17.3 Å². The summed E-state index contributed by atoms with van der Waals surface area (Å²) in [7, 11) is 0. The van der Waals surface area contributed by atoms with E-state index in [1.54, 1.807) is 4.68 Å². The molecule has 2 rings (SSSR count). The third kappa shape index (κ3) is 2.87. The predicted molar refractivity (Wildman–Crippen MR) is 77.0 cm³/mol. The van der Waals surface area contributed by atoms with Gasteiger partial charge in [-0.2, -0.15) is 0 Å². The zero-order valence-electron chi connectivity index (χ0n) is 12.0. The molecule has 0 spiro atoms. The number of thiazole rings is 1. The van der Waals surface area contributed by atoms with Crippen LogP contribution in [0.2, 0.25) is 0 Å². The van der Waals surface area contributed by atoms with Gasteiger partial charge in [0, 0.05) is 6.54 Å². The normalized spacial score (nSPS) is 11.2. The Balaban J connectivity index is 2.50. The van der Waals surface area contributed by atoms with E-state index in [2.05, 4.69) is 29.1 Å². The summed E-state index contributed by atoms with van der Waals surface area (Å²) in [6, 6.07) is 0. The van der Waals surface area contributed by atoms with Crippen LogP contribution in [-0.4, -0.2) is 31.1 Å². The minimum Gasteiger partial charge on any atom is -0.476 e. The van der Waals surface area contributed by atoms with Crippen LogP contribution in [0.25, 0.3) is 10.6 Å². The fourth-order valence-corrected chi connectivity index (χ4v) is 2.94. The van der Waals surface area contributed by atoms with Crippen molar-refractivity contribution in [3.8, 4) is 10.6 Å². The van der Waals surface area contributed by atoms with Crippen LogP contribution < -0.4 is 0 Å². The molecule has 0 saturated heterocycles. The lowest BCUT2D eigenvalue weighted by atomic mass is 10.1. The van der Waals surface area contributed by atoms with E-state index in [9.17, 15) is 9.90 Å². The van der Waals surface area contributed by atoms with Crippen LogP contribution in [0.1, 0.15) is 41.5 Å². The largest absolute Gasteiger partial charge is 0.476 e. The van der Waals surface area contributed by atoms with Gasteiger partial charge in [-0.1, -0.05) is 19.1 Å². The molecule has 1 N–H and O–H groups in total. The van der Waals surface area contributed by atoms with Crippen molar-refractivity contribution in [3.63, 3.8) is 0 Å². The molecule has 0 fully saturated rings. The fraction of sp³-hybridized carbons (Fsp3) is 0.538. The van der Waals surface area contributed by atoms with Gasteiger partial charge in [0.05, 0.1) is 15.6 Å². The van der Waals surface area contributed by atoms with Crippen LogP contribution >= 0.6 is 11.3 Å². The van der Waals surface area contributed by atoms with Crippen molar-refractivity contribution in [2.24, 2.45) is 5.92 Å². The standard InChI is InChI=1S/C13H18N4O2S/c1-7(2)5-6-17-11(10(13(18)19)15-16-17)12-8(3)14-9(4)20-12/h7H,5-6H2,1-4H3,(H,18,19). The molecule has 0 unspecified atom stereocenters. The minimum atomic E-state index is -1.05. The molecule has 0 saturated carbocycles. The van der Waals surface area contributed by atoms with Gasteiger partial charge in [0.2, 0.25) is 0 Å². The molecule has 0 aliphatic carbocycles. The van der Waals surface area contributed by atoms with E-state index >= 15 is 0 Å². The number of nitrogens with zero attached hydrogens (tertiary/aromatic N) is 4. The number of aryl methyl sites for hydroxylation is 3. The second-order valence-corrected chi connectivity index (χ2v) is 6.35. The maximum atomic E-state index is 11.3. The lowest BCUT2D eigenvalue weighted by molar-refractivity contribution is 0.0691. The first-order valence-corrected chi connectivity index (χ1v) is 7.33. The number of rotatable bonds is 5. The van der Waals surface area contributed by atoms with E-state index < -0.39 is 5.97 Å². The zero-order valence-corrected chi connectivity index (χ0v) is 12.9. The van der Waals surface area contributed by atoms with Crippen molar-refractivity contribution in [1.29, 1.82) is 0 Å². The van der Waals surface area contributed by atoms with Gasteiger partial charge in [0.25, 0.3) is 0 Å². The summed E-state index contributed by atoms with van der Waals surface area (Å²) in [5.74, 6) is -0.536. The molecule has 0 radical (unpaired) electrons. The lowest BCUT2D eigenvalue weighted by Crippen LogP contribution is -2.07. The van der Waals surface area contributed by atoms with Gasteiger partial charge in [0.15, 0.2) is 5.69 Å². The Hall–Kier alpha value is -1.76. The van der Waals surface area contributed by atoms with Crippen molar-refractivity contribution in [2.75, 3.05) is 0 Å². The van der Waals surface area contributed by atoms with Gasteiger partial charge < -0.3 is 5.11 Å². The Labute approximate surface area is 121 Å². The van der Waals surface area contributed by atoms with Crippen molar-refractivity contribution in [1.82, 2.24) is 20.0 Å². The quantitative estimate of drug-likeness (QED) is 0.917. The molecule has 0 atom stereocenters. The number of carbonyl (C=O) groups is 1. The first kappa shape index (κ1) is 14.6. The summed E-state index contributed by atoms with van der Waals surface area (Å²) in [6.45, 7) is 8.69. The molecule has 0 bridgehead atoms. The lowest BCUT2D eigenvalue weighted by Gasteiger charge is -2.08. The number of aromatic carboxylic acids is 1. The average Bonchev–Trinajstić information content (AvgIpc) is 2.89. The van der Waals surface area contributed by atoms with Gasteiger partial charge in [0.1, 0.15) is 5.69 Å². The fourth-order valence-electron chi connectivity index (χ4n) is 1.97. The van der Waals surface area contributed by atoms with Crippen molar-refractivity contribution < 1.29 is 9.90 Å². The molecular weight excluding hydrogens is 276 g/mol. The topological polar surface area (TPSA) is 80.9 Å². The van der Waals surface area contributed by atoms with Gasteiger partial charge in [-0.25, -0.2) is 14.5 Å². The highest BCUT2D eigenvalue weighted by atomic mass is 32.1. The minimum absolute atomic E-state index is 0.000469. The van der Waals surface area contributed by atoms with E-state index in [4.69, 9.17) is 0 Å². The number of aromatic nitrogens is 4. The number of carboxylic acid groups (broad SMARTS) is 1. The van der Waals surface area contributed by atoms with E-state index in [-0.39, 0.29) is 5.69 Å². The van der Waals surface area contributed by atoms with Gasteiger partial charge in [-0.15, -0.1) is 16.4 Å². The first-order chi connectivity index (χ1) is 9.40. The number of carboxylic acids is 1. The molecule has 20 heavy (non-hydrogen) atoms. The Morgan fingerprint density at radius 1 is 1.40 bits per heavy atom. The van der Waals surface area contributed by atoms with Crippen LogP contribution in [0.4, 0.5) is 0 Å². The maximum absolute atomic E-state index is 11.3. The third-order valence-electron chi connectivity index (χ3n) is 2.97. The molecule has 7 heteroatoms. The summed E-state index contributed by atoms with van der Waals surface area (Å²) in [5.41, 5.74) is 1.39. The molecule has 2 heterocycles.